The Morgan fingerprint density at radius 1 is 1.27 bits per heavy atom. The first-order valence-corrected chi connectivity index (χ1v) is 6.53. The monoisotopic (exact) mass is 305 g/mol. The van der Waals surface area contributed by atoms with E-state index in [0.717, 1.165) is 0 Å². The van der Waals surface area contributed by atoms with Crippen molar-refractivity contribution in [3.63, 3.8) is 0 Å². The Bertz CT molecular complexity index is 587. The molecule has 0 amide bonds. The quantitative estimate of drug-likeness (QED) is 0.252. The van der Waals surface area contributed by atoms with Crippen LogP contribution in [0.3, 0.4) is 0 Å². The molecular weight excluding hydrogens is 290 g/mol. The summed E-state index contributed by atoms with van der Waals surface area (Å²) in [5, 5.41) is 10.5. The van der Waals surface area contributed by atoms with Gasteiger partial charge in [-0.2, -0.15) is 0 Å². The molecule has 1 aromatic rings. The summed E-state index contributed by atoms with van der Waals surface area (Å²) in [7, 11) is 0. The fourth-order valence-electron chi connectivity index (χ4n) is 1.49. The molecule has 1 unspecified atom stereocenters. The van der Waals surface area contributed by atoms with E-state index in [-0.39, 0.29) is 30.7 Å². The minimum Gasteiger partial charge on any atom is -0.449 e. The number of carbonyl (C=O) groups excluding carboxylic acids is 2. The number of nitro benzene ring substituents is 1. The zero-order valence-corrected chi connectivity index (χ0v) is 12.0. The van der Waals surface area contributed by atoms with E-state index < -0.39 is 23.0 Å². The van der Waals surface area contributed by atoms with Crippen LogP contribution in [-0.2, 0) is 14.3 Å². The second kappa shape index (κ2) is 8.42. The molecular formula is C15H15NO6. The number of nitro groups is 1. The number of carbonyl (C=O) groups is 2. The van der Waals surface area contributed by atoms with Gasteiger partial charge in [-0.1, -0.05) is 5.92 Å². The van der Waals surface area contributed by atoms with Crippen LogP contribution in [0.2, 0.25) is 0 Å². The molecule has 0 saturated heterocycles. The van der Waals surface area contributed by atoms with Gasteiger partial charge in [0.05, 0.1) is 4.92 Å². The number of hydrogen-bond acceptors (Lipinski definition) is 6. The van der Waals surface area contributed by atoms with Gasteiger partial charge in [-0.25, -0.2) is 0 Å². The predicted octanol–water partition coefficient (Wildman–Crippen LogP) is 2.24. The molecule has 7 nitrogen and oxygen atoms in total. The van der Waals surface area contributed by atoms with E-state index >= 15 is 0 Å². The van der Waals surface area contributed by atoms with E-state index in [0.29, 0.717) is 0 Å². The van der Waals surface area contributed by atoms with E-state index in [1.807, 2.05) is 0 Å². The average Bonchev–Trinajstić information content (AvgIpc) is 2.47. The lowest BCUT2D eigenvalue weighted by molar-refractivity contribution is -0.384. The number of esters is 2. The summed E-state index contributed by atoms with van der Waals surface area (Å²) in [5.41, 5.74) is -0.0924. The van der Waals surface area contributed by atoms with Crippen molar-refractivity contribution in [2.75, 3.05) is 0 Å². The van der Waals surface area contributed by atoms with Crippen molar-refractivity contribution >= 4 is 17.6 Å². The third-order valence-corrected chi connectivity index (χ3v) is 2.58. The molecule has 0 radical (unpaired) electrons. The van der Waals surface area contributed by atoms with Crippen LogP contribution in [0.1, 0.15) is 26.2 Å². The van der Waals surface area contributed by atoms with Crippen molar-refractivity contribution in [3.05, 3.63) is 34.4 Å². The molecule has 116 valence electrons. The first-order chi connectivity index (χ1) is 10.4. The van der Waals surface area contributed by atoms with Crippen molar-refractivity contribution in [2.24, 2.45) is 0 Å². The number of non-ortho nitro benzene ring substituents is 1. The van der Waals surface area contributed by atoms with Gasteiger partial charge in [0.1, 0.15) is 5.75 Å². The third kappa shape index (κ3) is 6.05. The second-order valence-electron chi connectivity index (χ2n) is 4.38. The molecule has 0 bridgehead atoms. The standard InChI is InChI=1S/C15H15NO6/c1-3-11(2)21-14(17)5-4-6-15(18)22-13-9-7-12(8-10-13)16(19)20/h1,7-11H,4-6H2,2H3. The van der Waals surface area contributed by atoms with Gasteiger partial charge in [-0.3, -0.25) is 19.7 Å². The Labute approximate surface area is 127 Å². The Morgan fingerprint density at radius 3 is 2.41 bits per heavy atom. The van der Waals surface area contributed by atoms with Crippen LogP contribution in [-0.4, -0.2) is 23.0 Å². The summed E-state index contributed by atoms with van der Waals surface area (Å²) in [5.74, 6) is 1.45. The lowest BCUT2D eigenvalue weighted by atomic mass is 10.2. The average molecular weight is 305 g/mol. The summed E-state index contributed by atoms with van der Waals surface area (Å²) in [4.78, 5) is 32.8. The molecule has 0 fully saturated rings. The highest BCUT2D eigenvalue weighted by molar-refractivity contribution is 5.74. The third-order valence-electron chi connectivity index (χ3n) is 2.58. The van der Waals surface area contributed by atoms with Crippen LogP contribution in [0.25, 0.3) is 0 Å². The number of nitrogens with zero attached hydrogens (tertiary/aromatic N) is 1. The Hall–Kier alpha value is -2.88. The zero-order chi connectivity index (χ0) is 16.5. The lowest BCUT2D eigenvalue weighted by Crippen LogP contribution is -2.14. The maximum atomic E-state index is 11.6. The molecule has 7 heteroatoms. The van der Waals surface area contributed by atoms with Crippen LogP contribution < -0.4 is 4.74 Å². The van der Waals surface area contributed by atoms with E-state index in [9.17, 15) is 19.7 Å². The van der Waals surface area contributed by atoms with Crippen molar-refractivity contribution in [2.45, 2.75) is 32.3 Å². The van der Waals surface area contributed by atoms with Crippen molar-refractivity contribution < 1.29 is 24.0 Å². The maximum absolute atomic E-state index is 11.6. The normalized spacial score (nSPS) is 11.1. The fraction of sp³-hybridized carbons (Fsp3) is 0.333. The summed E-state index contributed by atoms with van der Waals surface area (Å²) < 4.78 is 9.83. The molecule has 0 spiro atoms. The highest BCUT2D eigenvalue weighted by atomic mass is 16.6. The van der Waals surface area contributed by atoms with Crippen LogP contribution in [0, 0.1) is 22.5 Å². The van der Waals surface area contributed by atoms with Crippen LogP contribution in [0.15, 0.2) is 24.3 Å². The largest absolute Gasteiger partial charge is 0.449 e. The maximum Gasteiger partial charge on any atom is 0.311 e. The van der Waals surface area contributed by atoms with Gasteiger partial charge in [0.2, 0.25) is 0 Å². The highest BCUT2D eigenvalue weighted by Crippen LogP contribution is 2.18. The van der Waals surface area contributed by atoms with Gasteiger partial charge in [-0.15, -0.1) is 6.42 Å². The SMILES string of the molecule is C#CC(C)OC(=O)CCCC(=O)Oc1ccc([N+](=O)[O-])cc1. The second-order valence-corrected chi connectivity index (χ2v) is 4.38. The summed E-state index contributed by atoms with van der Waals surface area (Å²) >= 11 is 0. The number of benzene rings is 1. The minimum absolute atomic E-state index is 0.0243. The van der Waals surface area contributed by atoms with E-state index in [2.05, 4.69) is 5.92 Å². The highest BCUT2D eigenvalue weighted by Gasteiger charge is 2.11. The molecule has 0 aromatic heterocycles. The van der Waals surface area contributed by atoms with E-state index in [1.165, 1.54) is 24.3 Å². The van der Waals surface area contributed by atoms with Gasteiger partial charge >= 0.3 is 11.9 Å². The molecule has 22 heavy (non-hydrogen) atoms. The van der Waals surface area contributed by atoms with Crippen LogP contribution in [0.5, 0.6) is 5.75 Å². The lowest BCUT2D eigenvalue weighted by Gasteiger charge is -2.07. The van der Waals surface area contributed by atoms with Crippen LogP contribution >= 0.6 is 0 Å². The smallest absolute Gasteiger partial charge is 0.311 e. The van der Waals surface area contributed by atoms with Gasteiger partial charge in [0, 0.05) is 25.0 Å². The molecule has 0 saturated carbocycles. The van der Waals surface area contributed by atoms with Gasteiger partial charge in [0.25, 0.3) is 5.69 Å². The molecule has 1 aromatic carbocycles. The molecule has 1 atom stereocenters. The first kappa shape index (κ1) is 17.2. The number of terminal acetylenes is 1. The summed E-state index contributed by atoms with van der Waals surface area (Å²) in [6.07, 6.45) is 4.82. The van der Waals surface area contributed by atoms with Gasteiger partial charge in [0.15, 0.2) is 6.10 Å². The molecule has 0 aliphatic rings. The molecule has 0 aliphatic carbocycles. The molecule has 0 aliphatic heterocycles. The Morgan fingerprint density at radius 2 is 1.86 bits per heavy atom. The fourth-order valence-corrected chi connectivity index (χ4v) is 1.49. The number of rotatable bonds is 7. The number of hydrogen-bond donors (Lipinski definition) is 0. The molecule has 0 heterocycles. The Kier molecular flexibility index (Phi) is 6.57. The molecule has 0 N–H and O–H groups in total. The van der Waals surface area contributed by atoms with E-state index in [1.54, 1.807) is 6.92 Å². The predicted molar refractivity (Wildman–Crippen MR) is 77.0 cm³/mol. The number of ether oxygens (including phenoxy) is 2. The summed E-state index contributed by atoms with van der Waals surface area (Å²) in [6.45, 7) is 1.57. The van der Waals surface area contributed by atoms with E-state index in [4.69, 9.17) is 15.9 Å². The zero-order valence-electron chi connectivity index (χ0n) is 12.0. The molecule has 1 rings (SSSR count). The first-order valence-electron chi connectivity index (χ1n) is 6.53. The van der Waals surface area contributed by atoms with Crippen LogP contribution in [0.4, 0.5) is 5.69 Å². The van der Waals surface area contributed by atoms with Gasteiger partial charge in [-0.05, 0) is 25.5 Å². The van der Waals surface area contributed by atoms with Crippen molar-refractivity contribution in [1.29, 1.82) is 0 Å². The summed E-state index contributed by atoms with van der Waals surface area (Å²) in [6, 6.07) is 5.14. The van der Waals surface area contributed by atoms with Gasteiger partial charge < -0.3 is 9.47 Å². The Balaban J connectivity index is 2.33. The van der Waals surface area contributed by atoms with Crippen molar-refractivity contribution in [3.8, 4) is 18.1 Å². The van der Waals surface area contributed by atoms with Crippen molar-refractivity contribution in [1.82, 2.24) is 0 Å². The topological polar surface area (TPSA) is 95.7 Å². The minimum atomic E-state index is -0.598.